The molecule has 5 heteroatoms. The average molecular weight is 340 g/mol. The fourth-order valence-electron chi connectivity index (χ4n) is 2.70. The molecule has 1 fully saturated rings. The molecule has 0 spiro atoms. The second kappa shape index (κ2) is 8.03. The Balaban J connectivity index is 1.55. The van der Waals surface area contributed by atoms with Crippen LogP contribution >= 0.6 is 0 Å². The summed E-state index contributed by atoms with van der Waals surface area (Å²) in [7, 11) is 0. The van der Waals surface area contributed by atoms with Crippen molar-refractivity contribution in [2.45, 2.75) is 20.0 Å². The van der Waals surface area contributed by atoms with Gasteiger partial charge in [-0.3, -0.25) is 4.79 Å². The molecule has 1 atom stereocenters. The minimum absolute atomic E-state index is 0.167. The van der Waals surface area contributed by atoms with Crippen LogP contribution in [-0.4, -0.2) is 38.3 Å². The van der Waals surface area contributed by atoms with E-state index in [4.69, 9.17) is 9.47 Å². The number of carbonyl (C=O) groups is 1. The van der Waals surface area contributed by atoms with Gasteiger partial charge < -0.3 is 19.7 Å². The molecule has 132 valence electrons. The van der Waals surface area contributed by atoms with E-state index in [0.717, 1.165) is 43.2 Å². The fraction of sp³-hybridized carbons (Fsp3) is 0.350. The molecule has 0 radical (unpaired) electrons. The summed E-state index contributed by atoms with van der Waals surface area (Å²) in [4.78, 5) is 14.6. The second-order valence-electron chi connectivity index (χ2n) is 6.21. The van der Waals surface area contributed by atoms with Gasteiger partial charge in [-0.15, -0.1) is 0 Å². The third-order valence-corrected chi connectivity index (χ3v) is 4.21. The molecule has 1 aliphatic rings. The minimum Gasteiger partial charge on any atom is -0.481 e. The van der Waals surface area contributed by atoms with Crippen molar-refractivity contribution in [2.75, 3.05) is 36.5 Å². The second-order valence-corrected chi connectivity index (χ2v) is 6.21. The lowest BCUT2D eigenvalue weighted by atomic mass is 10.2. The number of carbonyl (C=O) groups excluding carboxylic acids is 1. The Labute approximate surface area is 148 Å². The number of amides is 1. The van der Waals surface area contributed by atoms with Gasteiger partial charge in [0.15, 0.2) is 6.10 Å². The van der Waals surface area contributed by atoms with Crippen LogP contribution in [-0.2, 0) is 9.53 Å². The predicted molar refractivity (Wildman–Crippen MR) is 99.4 cm³/mol. The Morgan fingerprint density at radius 1 is 1.08 bits per heavy atom. The van der Waals surface area contributed by atoms with E-state index in [0.29, 0.717) is 5.75 Å². The van der Waals surface area contributed by atoms with Crippen LogP contribution in [0.3, 0.4) is 0 Å². The molecule has 0 aromatic heterocycles. The molecular formula is C20H24N2O3. The number of aryl methyl sites for hydroxylation is 1. The minimum atomic E-state index is -0.568. The van der Waals surface area contributed by atoms with Crippen LogP contribution in [0.4, 0.5) is 11.4 Å². The first kappa shape index (κ1) is 17.3. The van der Waals surface area contributed by atoms with E-state index < -0.39 is 6.10 Å². The molecule has 1 N–H and O–H groups in total. The SMILES string of the molecule is Cc1ccc(O[C@H](C)C(=O)Nc2ccc(N3CCOCC3)cc2)cc1. The molecular weight excluding hydrogens is 316 g/mol. The molecule has 2 aromatic rings. The molecule has 1 saturated heterocycles. The van der Waals surface area contributed by atoms with E-state index in [1.807, 2.05) is 55.5 Å². The van der Waals surface area contributed by atoms with Crippen LogP contribution in [0.5, 0.6) is 5.75 Å². The van der Waals surface area contributed by atoms with E-state index in [-0.39, 0.29) is 5.91 Å². The van der Waals surface area contributed by atoms with Crippen molar-refractivity contribution in [3.8, 4) is 5.75 Å². The normalized spacial score (nSPS) is 15.5. The Hall–Kier alpha value is -2.53. The van der Waals surface area contributed by atoms with Crippen LogP contribution in [0.25, 0.3) is 0 Å². The van der Waals surface area contributed by atoms with Gasteiger partial charge in [0.25, 0.3) is 5.91 Å². The van der Waals surface area contributed by atoms with Crippen molar-refractivity contribution in [3.05, 3.63) is 54.1 Å². The van der Waals surface area contributed by atoms with Gasteiger partial charge in [-0.25, -0.2) is 0 Å². The van der Waals surface area contributed by atoms with Gasteiger partial charge in [0, 0.05) is 24.5 Å². The maximum absolute atomic E-state index is 12.3. The number of benzene rings is 2. The highest BCUT2D eigenvalue weighted by Crippen LogP contribution is 2.20. The van der Waals surface area contributed by atoms with E-state index in [9.17, 15) is 4.79 Å². The van der Waals surface area contributed by atoms with Crippen LogP contribution in [0, 0.1) is 6.92 Å². The molecule has 5 nitrogen and oxygen atoms in total. The molecule has 1 amide bonds. The third-order valence-electron chi connectivity index (χ3n) is 4.21. The molecule has 0 unspecified atom stereocenters. The summed E-state index contributed by atoms with van der Waals surface area (Å²) in [6.45, 7) is 7.07. The molecule has 0 saturated carbocycles. The standard InChI is InChI=1S/C20H24N2O3/c1-15-3-9-19(10-4-15)25-16(2)20(23)21-17-5-7-18(8-6-17)22-11-13-24-14-12-22/h3-10,16H,11-14H2,1-2H3,(H,21,23)/t16-/m1/s1. The lowest BCUT2D eigenvalue weighted by Gasteiger charge is -2.29. The van der Waals surface area contributed by atoms with Crippen molar-refractivity contribution in [1.29, 1.82) is 0 Å². The number of hydrogen-bond acceptors (Lipinski definition) is 4. The van der Waals surface area contributed by atoms with Gasteiger partial charge in [-0.05, 0) is 50.2 Å². The number of nitrogens with one attached hydrogen (secondary N) is 1. The highest BCUT2D eigenvalue weighted by molar-refractivity contribution is 5.94. The topological polar surface area (TPSA) is 50.8 Å². The summed E-state index contributed by atoms with van der Waals surface area (Å²) in [5, 5.41) is 2.90. The number of anilines is 2. The zero-order valence-electron chi connectivity index (χ0n) is 14.7. The molecule has 25 heavy (non-hydrogen) atoms. The Morgan fingerprint density at radius 2 is 1.72 bits per heavy atom. The maximum Gasteiger partial charge on any atom is 0.265 e. The lowest BCUT2D eigenvalue weighted by molar-refractivity contribution is -0.122. The van der Waals surface area contributed by atoms with E-state index in [1.54, 1.807) is 6.92 Å². The average Bonchev–Trinajstić information content (AvgIpc) is 2.65. The first-order chi connectivity index (χ1) is 12.1. The van der Waals surface area contributed by atoms with Crippen LogP contribution in [0.15, 0.2) is 48.5 Å². The largest absolute Gasteiger partial charge is 0.481 e. The maximum atomic E-state index is 12.3. The first-order valence-electron chi connectivity index (χ1n) is 8.59. The van der Waals surface area contributed by atoms with E-state index in [2.05, 4.69) is 10.2 Å². The van der Waals surface area contributed by atoms with E-state index in [1.165, 1.54) is 0 Å². The van der Waals surface area contributed by atoms with Crippen molar-refractivity contribution in [3.63, 3.8) is 0 Å². The summed E-state index contributed by atoms with van der Waals surface area (Å²) >= 11 is 0. The summed E-state index contributed by atoms with van der Waals surface area (Å²) in [6.07, 6.45) is -0.568. The smallest absolute Gasteiger partial charge is 0.265 e. The van der Waals surface area contributed by atoms with Crippen LogP contribution in [0.2, 0.25) is 0 Å². The van der Waals surface area contributed by atoms with E-state index >= 15 is 0 Å². The summed E-state index contributed by atoms with van der Waals surface area (Å²) in [5.41, 5.74) is 3.07. The Kier molecular flexibility index (Phi) is 5.56. The molecule has 0 aliphatic carbocycles. The first-order valence-corrected chi connectivity index (χ1v) is 8.59. The Morgan fingerprint density at radius 3 is 2.36 bits per heavy atom. The van der Waals surface area contributed by atoms with Gasteiger partial charge in [0.2, 0.25) is 0 Å². The van der Waals surface area contributed by atoms with Gasteiger partial charge in [-0.1, -0.05) is 17.7 Å². The van der Waals surface area contributed by atoms with Crippen molar-refractivity contribution < 1.29 is 14.3 Å². The fourth-order valence-corrected chi connectivity index (χ4v) is 2.70. The number of nitrogens with zero attached hydrogens (tertiary/aromatic N) is 1. The molecule has 0 bridgehead atoms. The number of rotatable bonds is 5. The van der Waals surface area contributed by atoms with Gasteiger partial charge >= 0.3 is 0 Å². The highest BCUT2D eigenvalue weighted by Gasteiger charge is 2.15. The van der Waals surface area contributed by atoms with Crippen molar-refractivity contribution in [2.24, 2.45) is 0 Å². The van der Waals surface area contributed by atoms with Crippen LogP contribution in [0.1, 0.15) is 12.5 Å². The summed E-state index contributed by atoms with van der Waals surface area (Å²) in [6, 6.07) is 15.5. The van der Waals surface area contributed by atoms with Gasteiger partial charge in [0.1, 0.15) is 5.75 Å². The quantitative estimate of drug-likeness (QED) is 0.908. The molecule has 2 aromatic carbocycles. The van der Waals surface area contributed by atoms with Crippen LogP contribution < -0.4 is 15.0 Å². The predicted octanol–water partition coefficient (Wildman–Crippen LogP) is 3.24. The summed E-state index contributed by atoms with van der Waals surface area (Å²) in [5.74, 6) is 0.524. The van der Waals surface area contributed by atoms with Gasteiger partial charge in [-0.2, -0.15) is 0 Å². The molecule has 1 aliphatic heterocycles. The molecule has 3 rings (SSSR count). The zero-order valence-corrected chi connectivity index (χ0v) is 14.7. The number of morpholine rings is 1. The highest BCUT2D eigenvalue weighted by atomic mass is 16.5. The van der Waals surface area contributed by atoms with Gasteiger partial charge in [0.05, 0.1) is 13.2 Å². The van der Waals surface area contributed by atoms with Crippen molar-refractivity contribution in [1.82, 2.24) is 0 Å². The Bertz CT molecular complexity index is 692. The third kappa shape index (κ3) is 4.73. The zero-order chi connectivity index (χ0) is 17.6. The van der Waals surface area contributed by atoms with Crippen molar-refractivity contribution >= 4 is 17.3 Å². The molecule has 1 heterocycles. The monoisotopic (exact) mass is 340 g/mol. The summed E-state index contributed by atoms with van der Waals surface area (Å²) < 4.78 is 11.1. The lowest BCUT2D eigenvalue weighted by Crippen LogP contribution is -2.36. The number of ether oxygens (including phenoxy) is 2. The number of hydrogen-bond donors (Lipinski definition) is 1.